The number of aliphatic hydroxyl groups is 7. The molecule has 0 aliphatic carbocycles. The van der Waals surface area contributed by atoms with Crippen molar-refractivity contribution < 1.29 is 35.7 Å². The SMILES string of the molecule is CC(C)C(O)c1ccc(N2CCCC2C)cc1.CC1CCCN1c1ccc(C(O)C(C)(C)C)cc1.CCCC(O)c1ccc(N2CCCC2C)cc1.CCCCC(O)c1ccc(N2CCCC2C)cc1.CCCCCC(O)C(C)(C)c1ccc(N2CCCC2C)cc1.CCCCCC(O)c1ccc(N2CCCC2C)cc1.CCCCCCC(O)c1ccc(N2CCCC2C)cc1. The standard InChI is InChI=1S/C20H33NO.C18H29NO.C17H27NO.2C16H25NO.2C15H23NO/c1-5-6-7-10-19(22)20(3,4)17-11-13-18(14-12-17)21-15-8-9-16(21)2;1-3-4-5-6-9-18(20)16-10-12-17(13-11-16)19-14-7-8-15(19)2;1-3-4-5-8-17(19)15-9-11-16(12-10-15)18-13-6-7-14(18)2;1-12-6-5-11-17(12)14-9-7-13(8-10-14)15(18)16(2,3)4;1-3-4-7-16(18)14-8-10-15(11-9-14)17-12-5-6-13(17)2;1-11(2)15(17)13-6-8-14(9-7-13)16-10-4-5-12(16)3;1-3-5-15(17)13-7-9-14(10-8-13)16-11-4-6-12(16)2/h11-14,16,19,22H,5-10,15H2,1-4H3;10-13,15,18,20H,3-9,14H2,1-2H3;9-12,14,17,19H,3-8,13H2,1-2H3;7-10,12,15,18H,5-6,11H2,1-4H3;8-11,13,16,18H,3-7,12H2,1-2H3;6-9,11-12,15,17H,4-5,10H2,1-3H3;7-10,12,15,17H,3-6,11H2,1-2H3. The number of aliphatic hydroxyl groups excluding tert-OH is 7. The molecule has 14 nitrogen and oxygen atoms in total. The van der Waals surface area contributed by atoms with E-state index in [4.69, 9.17) is 0 Å². The second-order valence-corrected chi connectivity index (χ2v) is 41.9. The van der Waals surface area contributed by atoms with Gasteiger partial charge in [0.25, 0.3) is 0 Å². The van der Waals surface area contributed by atoms with Crippen LogP contribution in [0.25, 0.3) is 0 Å². The van der Waals surface area contributed by atoms with Crippen molar-refractivity contribution in [3.8, 4) is 0 Å². The molecule has 7 heterocycles. The zero-order valence-corrected chi connectivity index (χ0v) is 85.7. The van der Waals surface area contributed by atoms with Crippen molar-refractivity contribution in [1.82, 2.24) is 0 Å². The van der Waals surface area contributed by atoms with Crippen molar-refractivity contribution in [2.75, 3.05) is 80.1 Å². The maximum atomic E-state index is 10.6. The van der Waals surface area contributed by atoms with Crippen molar-refractivity contribution in [2.24, 2.45) is 11.3 Å². The molecule has 7 N–H and O–H groups in total. The lowest BCUT2D eigenvalue weighted by molar-refractivity contribution is 0.0627. The monoisotopic (exact) mass is 1800 g/mol. The third-order valence-corrected chi connectivity index (χ3v) is 29.5. The Morgan fingerprint density at radius 2 is 0.481 bits per heavy atom. The minimum atomic E-state index is -0.400. The summed E-state index contributed by atoms with van der Waals surface area (Å²) >= 11 is 0. The lowest BCUT2D eigenvalue weighted by atomic mass is 9.77. The predicted octanol–water partition coefficient (Wildman–Crippen LogP) is 28.4. The Morgan fingerprint density at radius 1 is 0.260 bits per heavy atom. The van der Waals surface area contributed by atoms with E-state index in [1.807, 2.05) is 13.8 Å². The fourth-order valence-electron chi connectivity index (χ4n) is 20.3. The average Bonchev–Trinajstić information content (AvgIpc) is 1.56. The van der Waals surface area contributed by atoms with Gasteiger partial charge in [-0.15, -0.1) is 0 Å². The first kappa shape index (κ1) is 109. The molecule has 7 aromatic rings. The van der Waals surface area contributed by atoms with Crippen molar-refractivity contribution in [1.29, 1.82) is 0 Å². The second-order valence-electron chi connectivity index (χ2n) is 41.9. The largest absolute Gasteiger partial charge is 0.392 e. The van der Waals surface area contributed by atoms with Gasteiger partial charge in [0, 0.05) is 133 Å². The zero-order chi connectivity index (χ0) is 95.2. The fourth-order valence-corrected chi connectivity index (χ4v) is 20.3. The van der Waals surface area contributed by atoms with Crippen LogP contribution in [-0.4, -0.2) is 130 Å². The molecule has 14 rings (SSSR count). The smallest absolute Gasteiger partial charge is 0.0838 e. The Balaban J connectivity index is 0.000000189. The van der Waals surface area contributed by atoms with Gasteiger partial charge in [-0.1, -0.05) is 251 Å². The molecular formula is C117H185N7O7. The molecule has 7 aliphatic heterocycles. The molecule has 0 spiro atoms. The van der Waals surface area contributed by atoms with Crippen molar-refractivity contribution in [2.45, 2.75) is 427 Å². The van der Waals surface area contributed by atoms with Crippen LogP contribution in [-0.2, 0) is 5.41 Å². The Hall–Kier alpha value is -7.14. The fraction of sp³-hybridized carbons (Fsp3) is 0.641. The van der Waals surface area contributed by atoms with Crippen LogP contribution in [0.1, 0.15) is 413 Å². The molecule has 7 fully saturated rings. The molecule has 0 bridgehead atoms. The molecule has 7 aromatic carbocycles. The molecule has 131 heavy (non-hydrogen) atoms. The summed E-state index contributed by atoms with van der Waals surface area (Å²) in [6.45, 7) is 49.7. The normalized spacial score (nSPS) is 21.2. The van der Waals surface area contributed by atoms with Gasteiger partial charge >= 0.3 is 0 Å². The van der Waals surface area contributed by atoms with E-state index in [1.54, 1.807) is 0 Å². The minimum Gasteiger partial charge on any atom is -0.392 e. The maximum absolute atomic E-state index is 10.6. The third kappa shape index (κ3) is 34.0. The van der Waals surface area contributed by atoms with E-state index in [9.17, 15) is 35.7 Å². The quantitative estimate of drug-likeness (QED) is 0.0191. The molecule has 7 aliphatic rings. The van der Waals surface area contributed by atoms with Crippen LogP contribution in [0.4, 0.5) is 39.8 Å². The molecular weight excluding hydrogens is 1620 g/mol. The Labute approximate surface area is 798 Å². The summed E-state index contributed by atoms with van der Waals surface area (Å²) in [5.74, 6) is 0.270. The van der Waals surface area contributed by atoms with E-state index in [0.717, 1.165) is 124 Å². The summed E-state index contributed by atoms with van der Waals surface area (Å²) in [5, 5.41) is 71.1. The van der Waals surface area contributed by atoms with E-state index in [-0.39, 0.29) is 53.4 Å². The van der Waals surface area contributed by atoms with Crippen LogP contribution in [0.5, 0.6) is 0 Å². The predicted molar refractivity (Wildman–Crippen MR) is 562 cm³/mol. The molecule has 14 heteroatoms. The maximum Gasteiger partial charge on any atom is 0.0838 e. The number of benzene rings is 7. The van der Waals surface area contributed by atoms with E-state index >= 15 is 0 Å². The highest BCUT2D eigenvalue weighted by Gasteiger charge is 2.32. The highest BCUT2D eigenvalue weighted by Crippen LogP contribution is 2.39. The number of rotatable bonds is 34. The van der Waals surface area contributed by atoms with Crippen LogP contribution in [0.2, 0.25) is 0 Å². The number of unbranched alkanes of at least 4 members (excludes halogenated alkanes) is 8. The minimum absolute atomic E-state index is 0.109. The van der Waals surface area contributed by atoms with Gasteiger partial charge in [0.05, 0.1) is 42.7 Å². The summed E-state index contributed by atoms with van der Waals surface area (Å²) in [4.78, 5) is 17.2. The Kier molecular flexibility index (Phi) is 47.0. The lowest BCUT2D eigenvalue weighted by Gasteiger charge is -2.32. The topological polar surface area (TPSA) is 164 Å². The lowest BCUT2D eigenvalue weighted by Crippen LogP contribution is -2.33. The number of nitrogens with zero attached hydrogens (tertiary/aromatic N) is 7. The summed E-state index contributed by atoms with van der Waals surface area (Å²) in [6, 6.07) is 64.3. The van der Waals surface area contributed by atoms with Crippen LogP contribution in [0.15, 0.2) is 170 Å². The zero-order valence-electron chi connectivity index (χ0n) is 85.7. The molecule has 0 radical (unpaired) electrons. The summed E-state index contributed by atoms with van der Waals surface area (Å²) in [7, 11) is 0. The average molecular weight is 1800 g/mol. The van der Waals surface area contributed by atoms with Gasteiger partial charge in [-0.25, -0.2) is 0 Å². The third-order valence-electron chi connectivity index (χ3n) is 29.5. The van der Waals surface area contributed by atoms with Gasteiger partial charge in [0.2, 0.25) is 0 Å². The highest BCUT2D eigenvalue weighted by atomic mass is 16.3. The first-order valence-electron chi connectivity index (χ1n) is 52.7. The molecule has 14 atom stereocenters. The second kappa shape index (κ2) is 56.4. The van der Waals surface area contributed by atoms with Gasteiger partial charge in [-0.2, -0.15) is 0 Å². The summed E-state index contributed by atoms with van der Waals surface area (Å²) in [6.07, 6.45) is 35.5. The van der Waals surface area contributed by atoms with Gasteiger partial charge < -0.3 is 70.0 Å². The van der Waals surface area contributed by atoms with Crippen molar-refractivity contribution in [3.63, 3.8) is 0 Å². The summed E-state index contributed by atoms with van der Waals surface area (Å²) < 4.78 is 0. The van der Waals surface area contributed by atoms with Crippen LogP contribution in [0, 0.1) is 11.3 Å². The van der Waals surface area contributed by atoms with E-state index < -0.39 is 6.10 Å². The molecule has 0 amide bonds. The summed E-state index contributed by atoms with van der Waals surface area (Å²) in [5.41, 5.74) is 16.3. The molecule has 730 valence electrons. The number of hydrogen-bond donors (Lipinski definition) is 7. The van der Waals surface area contributed by atoms with Gasteiger partial charge in [-0.05, 0) is 306 Å². The van der Waals surface area contributed by atoms with Crippen molar-refractivity contribution >= 4 is 39.8 Å². The van der Waals surface area contributed by atoms with Gasteiger partial charge in [0.15, 0.2) is 0 Å². The van der Waals surface area contributed by atoms with Crippen molar-refractivity contribution in [3.05, 3.63) is 209 Å². The van der Waals surface area contributed by atoms with Gasteiger partial charge in [0.1, 0.15) is 0 Å². The van der Waals surface area contributed by atoms with E-state index in [1.165, 1.54) is 206 Å². The number of hydrogen-bond acceptors (Lipinski definition) is 14. The number of anilines is 7. The molecule has 7 saturated heterocycles. The van der Waals surface area contributed by atoms with Gasteiger partial charge in [-0.3, -0.25) is 0 Å². The van der Waals surface area contributed by atoms with Crippen LogP contribution < -0.4 is 34.3 Å². The van der Waals surface area contributed by atoms with Crippen LogP contribution >= 0.6 is 0 Å². The van der Waals surface area contributed by atoms with Crippen LogP contribution in [0.3, 0.4) is 0 Å². The van der Waals surface area contributed by atoms with E-state index in [0.29, 0.717) is 42.3 Å². The first-order valence-corrected chi connectivity index (χ1v) is 52.7. The highest BCUT2D eigenvalue weighted by molar-refractivity contribution is 5.56. The molecule has 0 saturated carbocycles. The Bertz CT molecular complexity index is 4160. The molecule has 14 unspecified atom stereocenters. The molecule has 0 aromatic heterocycles. The first-order chi connectivity index (χ1) is 62.8. The Morgan fingerprint density at radius 3 is 0.718 bits per heavy atom. The van der Waals surface area contributed by atoms with E-state index in [2.05, 4.69) is 322 Å².